The molecule has 0 aliphatic rings. The molecule has 2 rings (SSSR count). The van der Waals surface area contributed by atoms with Crippen LogP contribution in [0.25, 0.3) is 5.69 Å². The van der Waals surface area contributed by atoms with Gasteiger partial charge in [0.25, 0.3) is 5.56 Å². The Balaban J connectivity index is 2.25. The molecule has 1 aromatic heterocycles. The summed E-state index contributed by atoms with van der Waals surface area (Å²) >= 11 is 5.82. The first kappa shape index (κ1) is 15.5. The quantitative estimate of drug-likeness (QED) is 0.787. The zero-order valence-electron chi connectivity index (χ0n) is 11.5. The third-order valence-electron chi connectivity index (χ3n) is 2.83. The molecule has 0 atom stereocenters. The molecule has 0 saturated carbocycles. The molecule has 0 spiro atoms. The minimum absolute atomic E-state index is 0.130. The zero-order valence-corrected chi connectivity index (χ0v) is 12.3. The normalized spacial score (nSPS) is 10.8. The molecule has 0 fully saturated rings. The van der Waals surface area contributed by atoms with E-state index in [0.29, 0.717) is 36.1 Å². The number of methoxy groups -OCH3 is 1. The first-order valence-corrected chi connectivity index (χ1v) is 6.77. The fourth-order valence-electron chi connectivity index (χ4n) is 1.76. The first-order valence-electron chi connectivity index (χ1n) is 6.39. The molecule has 0 radical (unpaired) electrons. The van der Waals surface area contributed by atoms with E-state index in [1.54, 1.807) is 31.4 Å². The molecule has 0 saturated heterocycles. The lowest BCUT2D eigenvalue weighted by molar-refractivity contribution is 0.199. The number of nitrogens with one attached hydrogen (secondary N) is 1. The van der Waals surface area contributed by atoms with Crippen LogP contribution in [0.5, 0.6) is 5.75 Å². The van der Waals surface area contributed by atoms with Gasteiger partial charge in [0.1, 0.15) is 11.4 Å². The van der Waals surface area contributed by atoms with E-state index in [2.05, 4.69) is 10.4 Å². The molecular weight excluding hydrogens is 294 g/mol. The third-order valence-corrected chi connectivity index (χ3v) is 3.08. The second-order valence-corrected chi connectivity index (χ2v) is 4.81. The number of halogens is 1. The summed E-state index contributed by atoms with van der Waals surface area (Å²) in [5.74, 6) is -0.130. The van der Waals surface area contributed by atoms with Crippen LogP contribution in [0.15, 0.2) is 35.1 Å². The summed E-state index contributed by atoms with van der Waals surface area (Å²) < 4.78 is 6.15. The lowest BCUT2D eigenvalue weighted by Crippen LogP contribution is -2.25. The fraction of sp³-hybridized carbons (Fsp3) is 0.286. The van der Waals surface area contributed by atoms with Crippen LogP contribution in [-0.4, -0.2) is 35.1 Å². The van der Waals surface area contributed by atoms with E-state index in [4.69, 9.17) is 16.3 Å². The van der Waals surface area contributed by atoms with Gasteiger partial charge in [-0.25, -0.2) is 0 Å². The summed E-state index contributed by atoms with van der Waals surface area (Å²) in [4.78, 5) is 11.9. The summed E-state index contributed by atoms with van der Waals surface area (Å²) in [6.07, 6.45) is 0. The van der Waals surface area contributed by atoms with Gasteiger partial charge in [-0.1, -0.05) is 11.6 Å². The second-order valence-electron chi connectivity index (χ2n) is 4.37. The van der Waals surface area contributed by atoms with Crippen LogP contribution in [0.4, 0.5) is 0 Å². The van der Waals surface area contributed by atoms with Crippen molar-refractivity contribution in [3.63, 3.8) is 0 Å². The largest absolute Gasteiger partial charge is 0.506 e. The van der Waals surface area contributed by atoms with Crippen LogP contribution in [0.2, 0.25) is 5.02 Å². The van der Waals surface area contributed by atoms with Gasteiger partial charge in [0.2, 0.25) is 0 Å². The average Bonchev–Trinajstić information content (AvgIpc) is 2.47. The van der Waals surface area contributed by atoms with Crippen molar-refractivity contribution in [3.05, 3.63) is 51.4 Å². The molecule has 0 unspecified atom stereocenters. The Morgan fingerprint density at radius 2 is 2.10 bits per heavy atom. The SMILES string of the molecule is COCCNCc1nn(-c2ccc(Cl)cc2)c(=O)cc1O. The van der Waals surface area contributed by atoms with E-state index >= 15 is 0 Å². The monoisotopic (exact) mass is 309 g/mol. The Hall–Kier alpha value is -1.89. The molecule has 112 valence electrons. The van der Waals surface area contributed by atoms with Crippen LogP contribution < -0.4 is 10.9 Å². The predicted molar refractivity (Wildman–Crippen MR) is 80.1 cm³/mol. The van der Waals surface area contributed by atoms with Crippen molar-refractivity contribution in [1.82, 2.24) is 15.1 Å². The Morgan fingerprint density at radius 1 is 1.38 bits per heavy atom. The zero-order chi connectivity index (χ0) is 15.2. The van der Waals surface area contributed by atoms with E-state index in [-0.39, 0.29) is 5.75 Å². The summed E-state index contributed by atoms with van der Waals surface area (Å²) in [5.41, 5.74) is 0.568. The highest BCUT2D eigenvalue weighted by Crippen LogP contribution is 2.14. The number of aromatic hydroxyl groups is 1. The molecule has 0 amide bonds. The molecule has 2 N–H and O–H groups in total. The minimum Gasteiger partial charge on any atom is -0.506 e. The Morgan fingerprint density at radius 3 is 2.76 bits per heavy atom. The van der Waals surface area contributed by atoms with E-state index < -0.39 is 5.56 Å². The number of benzene rings is 1. The van der Waals surface area contributed by atoms with E-state index in [9.17, 15) is 9.90 Å². The molecule has 1 aromatic carbocycles. The number of nitrogens with zero attached hydrogens (tertiary/aromatic N) is 2. The lowest BCUT2D eigenvalue weighted by atomic mass is 10.3. The molecule has 6 nitrogen and oxygen atoms in total. The Kier molecular flexibility index (Phi) is 5.32. The highest BCUT2D eigenvalue weighted by Gasteiger charge is 2.09. The number of aromatic nitrogens is 2. The van der Waals surface area contributed by atoms with E-state index in [1.807, 2.05) is 0 Å². The van der Waals surface area contributed by atoms with Gasteiger partial charge >= 0.3 is 0 Å². The number of hydrogen-bond acceptors (Lipinski definition) is 5. The topological polar surface area (TPSA) is 76.4 Å². The molecule has 21 heavy (non-hydrogen) atoms. The maximum atomic E-state index is 11.9. The number of rotatable bonds is 6. The molecule has 7 heteroatoms. The van der Waals surface area contributed by atoms with Gasteiger partial charge in [-0.3, -0.25) is 4.79 Å². The maximum Gasteiger partial charge on any atom is 0.275 e. The molecular formula is C14H16ClN3O3. The van der Waals surface area contributed by atoms with Crippen LogP contribution in [-0.2, 0) is 11.3 Å². The van der Waals surface area contributed by atoms with Crippen molar-refractivity contribution in [3.8, 4) is 11.4 Å². The maximum absolute atomic E-state index is 11.9. The molecule has 1 heterocycles. The minimum atomic E-state index is -0.407. The smallest absolute Gasteiger partial charge is 0.275 e. The van der Waals surface area contributed by atoms with Crippen molar-refractivity contribution >= 4 is 11.6 Å². The summed E-state index contributed by atoms with van der Waals surface area (Å²) in [6.45, 7) is 1.51. The van der Waals surface area contributed by atoms with Gasteiger partial charge in [-0.2, -0.15) is 9.78 Å². The number of ether oxygens (including phenoxy) is 1. The predicted octanol–water partition coefficient (Wildman–Crippen LogP) is 1.33. The average molecular weight is 310 g/mol. The summed E-state index contributed by atoms with van der Waals surface area (Å²) in [7, 11) is 1.61. The van der Waals surface area contributed by atoms with Crippen LogP contribution in [0.3, 0.4) is 0 Å². The van der Waals surface area contributed by atoms with Gasteiger partial charge in [0.15, 0.2) is 0 Å². The van der Waals surface area contributed by atoms with Gasteiger partial charge in [-0.05, 0) is 24.3 Å². The second kappa shape index (κ2) is 7.21. The third kappa shape index (κ3) is 4.04. The number of hydrogen-bond donors (Lipinski definition) is 2. The Bertz CT molecular complexity index is 656. The van der Waals surface area contributed by atoms with E-state index in [0.717, 1.165) is 6.07 Å². The first-order chi connectivity index (χ1) is 10.1. The van der Waals surface area contributed by atoms with Crippen molar-refractivity contribution < 1.29 is 9.84 Å². The lowest BCUT2D eigenvalue weighted by Gasteiger charge is -2.09. The molecule has 0 aliphatic heterocycles. The van der Waals surface area contributed by atoms with Crippen molar-refractivity contribution in [2.75, 3.05) is 20.3 Å². The molecule has 0 aliphatic carbocycles. The molecule has 2 aromatic rings. The molecule has 0 bridgehead atoms. The van der Waals surface area contributed by atoms with E-state index in [1.165, 1.54) is 4.68 Å². The fourth-order valence-corrected chi connectivity index (χ4v) is 1.88. The summed E-state index contributed by atoms with van der Waals surface area (Å²) in [6, 6.07) is 7.88. The van der Waals surface area contributed by atoms with Gasteiger partial charge in [0.05, 0.1) is 12.3 Å². The van der Waals surface area contributed by atoms with Crippen molar-refractivity contribution in [2.24, 2.45) is 0 Å². The van der Waals surface area contributed by atoms with Gasteiger partial charge in [-0.15, -0.1) is 0 Å². The standard InChI is InChI=1S/C14H16ClN3O3/c1-21-7-6-16-9-12-13(19)8-14(20)18(17-12)11-4-2-10(15)3-5-11/h2-5,8,16,19H,6-7,9H2,1H3. The van der Waals surface area contributed by atoms with Crippen LogP contribution in [0, 0.1) is 0 Å². The van der Waals surface area contributed by atoms with Crippen molar-refractivity contribution in [2.45, 2.75) is 6.54 Å². The van der Waals surface area contributed by atoms with Crippen LogP contribution >= 0.6 is 11.6 Å². The van der Waals surface area contributed by atoms with Crippen molar-refractivity contribution in [1.29, 1.82) is 0 Å². The van der Waals surface area contributed by atoms with Gasteiger partial charge in [0, 0.05) is 31.3 Å². The highest BCUT2D eigenvalue weighted by molar-refractivity contribution is 6.30. The van der Waals surface area contributed by atoms with Gasteiger partial charge < -0.3 is 15.2 Å². The van der Waals surface area contributed by atoms with Crippen LogP contribution in [0.1, 0.15) is 5.69 Å². The summed E-state index contributed by atoms with van der Waals surface area (Å²) in [5, 5.41) is 17.6. The Labute approximate surface area is 126 Å². The highest BCUT2D eigenvalue weighted by atomic mass is 35.5.